The highest BCUT2D eigenvalue weighted by molar-refractivity contribution is 4.80. The summed E-state index contributed by atoms with van der Waals surface area (Å²) in [5.41, 5.74) is 2.40. The molecule has 0 saturated carbocycles. The van der Waals surface area contributed by atoms with Crippen molar-refractivity contribution in [2.24, 2.45) is 5.84 Å². The Bertz CT molecular complexity index is 184. The molecule has 0 radical (unpaired) electrons. The summed E-state index contributed by atoms with van der Waals surface area (Å²) in [6.07, 6.45) is 0. The Morgan fingerprint density at radius 1 is 1.78 bits per heavy atom. The summed E-state index contributed by atoms with van der Waals surface area (Å²) >= 11 is 0. The van der Waals surface area contributed by atoms with Crippen LogP contribution in [0.4, 0.5) is 0 Å². The van der Waals surface area contributed by atoms with E-state index in [9.17, 15) is 0 Å². The van der Waals surface area contributed by atoms with Crippen LogP contribution in [0.1, 0.15) is 11.7 Å². The zero-order chi connectivity index (χ0) is 6.69. The van der Waals surface area contributed by atoms with Crippen molar-refractivity contribution in [3.8, 4) is 0 Å². The minimum absolute atomic E-state index is 0.418. The third kappa shape index (κ3) is 1.48. The molecule has 0 spiro atoms. The van der Waals surface area contributed by atoms with Gasteiger partial charge in [-0.3, -0.25) is 11.3 Å². The van der Waals surface area contributed by atoms with E-state index in [0.29, 0.717) is 18.3 Å². The van der Waals surface area contributed by atoms with Crippen LogP contribution < -0.4 is 11.3 Å². The lowest BCUT2D eigenvalue weighted by Crippen LogP contribution is -2.20. The molecular formula is C4H8N4O. The molecule has 0 aliphatic heterocycles. The highest BCUT2D eigenvalue weighted by Crippen LogP contribution is 1.92. The second-order valence-corrected chi connectivity index (χ2v) is 1.62. The average molecular weight is 128 g/mol. The van der Waals surface area contributed by atoms with Crippen LogP contribution in [0, 0.1) is 6.92 Å². The predicted octanol–water partition coefficient (Wildman–Crippen LogP) is -0.659. The lowest BCUT2D eigenvalue weighted by molar-refractivity contribution is 0.365. The zero-order valence-electron chi connectivity index (χ0n) is 5.09. The van der Waals surface area contributed by atoms with Gasteiger partial charge in [0.1, 0.15) is 0 Å². The average Bonchev–Trinajstić information content (AvgIpc) is 2.17. The smallest absolute Gasteiger partial charge is 0.241 e. The zero-order valence-corrected chi connectivity index (χ0v) is 5.09. The molecule has 1 aromatic heterocycles. The minimum Gasteiger partial charge on any atom is -0.338 e. The Hall–Kier alpha value is -0.940. The van der Waals surface area contributed by atoms with Gasteiger partial charge in [-0.25, -0.2) is 0 Å². The molecule has 3 N–H and O–H groups in total. The molecular weight excluding hydrogens is 120 g/mol. The molecule has 0 saturated heterocycles. The van der Waals surface area contributed by atoms with Gasteiger partial charge in [0, 0.05) is 0 Å². The van der Waals surface area contributed by atoms with Crippen molar-refractivity contribution in [2.75, 3.05) is 0 Å². The van der Waals surface area contributed by atoms with Crippen LogP contribution in [-0.2, 0) is 6.54 Å². The molecule has 0 unspecified atom stereocenters. The Morgan fingerprint density at radius 2 is 2.56 bits per heavy atom. The quantitative estimate of drug-likeness (QED) is 0.408. The standard InChI is InChI=1S/C4H8N4O/c1-3-7-4(2-6-5)9-8-3/h6H,2,5H2,1H3. The lowest BCUT2D eigenvalue weighted by Gasteiger charge is -1.86. The third-order valence-electron chi connectivity index (χ3n) is 0.823. The second-order valence-electron chi connectivity index (χ2n) is 1.62. The molecule has 0 aliphatic rings. The van der Waals surface area contributed by atoms with E-state index in [-0.39, 0.29) is 0 Å². The number of nitrogens with one attached hydrogen (secondary N) is 1. The van der Waals surface area contributed by atoms with Gasteiger partial charge < -0.3 is 4.52 Å². The maximum atomic E-state index is 4.99. The number of nitrogens with zero attached hydrogens (tertiary/aromatic N) is 2. The number of hydrazine groups is 1. The molecule has 5 nitrogen and oxygen atoms in total. The summed E-state index contributed by atoms with van der Waals surface area (Å²) in [5.74, 6) is 6.13. The maximum Gasteiger partial charge on any atom is 0.241 e. The Morgan fingerprint density at radius 3 is 3.00 bits per heavy atom. The van der Waals surface area contributed by atoms with Crippen LogP contribution in [0.2, 0.25) is 0 Å². The molecule has 50 valence electrons. The van der Waals surface area contributed by atoms with Crippen LogP contribution in [0.25, 0.3) is 0 Å². The fourth-order valence-electron chi connectivity index (χ4n) is 0.499. The fourth-order valence-corrected chi connectivity index (χ4v) is 0.499. The van der Waals surface area contributed by atoms with Crippen LogP contribution in [0.3, 0.4) is 0 Å². The second kappa shape index (κ2) is 2.56. The number of rotatable bonds is 2. The van der Waals surface area contributed by atoms with E-state index in [4.69, 9.17) is 10.4 Å². The number of hydrogen-bond acceptors (Lipinski definition) is 5. The first-order valence-electron chi connectivity index (χ1n) is 2.55. The Kier molecular flexibility index (Phi) is 1.76. The molecule has 1 aromatic rings. The highest BCUT2D eigenvalue weighted by Gasteiger charge is 1.97. The first-order chi connectivity index (χ1) is 4.33. The van der Waals surface area contributed by atoms with Crippen molar-refractivity contribution in [3.63, 3.8) is 0 Å². The summed E-state index contributed by atoms with van der Waals surface area (Å²) < 4.78 is 4.70. The van der Waals surface area contributed by atoms with Gasteiger partial charge in [0.2, 0.25) is 5.89 Å². The molecule has 1 rings (SSSR count). The van der Waals surface area contributed by atoms with E-state index in [1.165, 1.54) is 0 Å². The first-order valence-corrected chi connectivity index (χ1v) is 2.55. The number of aromatic nitrogens is 2. The van der Waals surface area contributed by atoms with Crippen molar-refractivity contribution in [3.05, 3.63) is 11.7 Å². The summed E-state index contributed by atoms with van der Waals surface area (Å²) in [5, 5.41) is 3.55. The summed E-state index contributed by atoms with van der Waals surface area (Å²) in [4.78, 5) is 3.88. The maximum absolute atomic E-state index is 4.99. The van der Waals surface area contributed by atoms with Gasteiger partial charge in [-0.05, 0) is 6.92 Å². The summed E-state index contributed by atoms with van der Waals surface area (Å²) in [7, 11) is 0. The summed E-state index contributed by atoms with van der Waals surface area (Å²) in [6, 6.07) is 0. The Balaban J connectivity index is 2.61. The summed E-state index contributed by atoms with van der Waals surface area (Å²) in [6.45, 7) is 2.17. The molecule has 0 fully saturated rings. The lowest BCUT2D eigenvalue weighted by atomic mass is 10.6. The topological polar surface area (TPSA) is 77.0 Å². The van der Waals surface area contributed by atoms with Crippen LogP contribution >= 0.6 is 0 Å². The molecule has 9 heavy (non-hydrogen) atoms. The van der Waals surface area contributed by atoms with Crippen molar-refractivity contribution < 1.29 is 4.52 Å². The monoisotopic (exact) mass is 128 g/mol. The normalized spacial score (nSPS) is 10.0. The van der Waals surface area contributed by atoms with Crippen molar-refractivity contribution in [2.45, 2.75) is 13.5 Å². The number of aryl methyl sites for hydroxylation is 1. The fraction of sp³-hybridized carbons (Fsp3) is 0.500. The van der Waals surface area contributed by atoms with E-state index < -0.39 is 0 Å². The molecule has 5 heteroatoms. The largest absolute Gasteiger partial charge is 0.338 e. The van der Waals surface area contributed by atoms with E-state index in [2.05, 4.69) is 15.6 Å². The van der Waals surface area contributed by atoms with E-state index in [1.807, 2.05) is 0 Å². The molecule has 0 aromatic carbocycles. The van der Waals surface area contributed by atoms with Gasteiger partial charge >= 0.3 is 0 Å². The molecule has 0 amide bonds. The van der Waals surface area contributed by atoms with Crippen molar-refractivity contribution in [1.82, 2.24) is 15.6 Å². The van der Waals surface area contributed by atoms with E-state index in [1.54, 1.807) is 6.92 Å². The first kappa shape index (κ1) is 6.18. The van der Waals surface area contributed by atoms with Gasteiger partial charge in [-0.15, -0.1) is 0 Å². The van der Waals surface area contributed by atoms with Crippen LogP contribution in [0.5, 0.6) is 0 Å². The molecule has 1 heterocycles. The highest BCUT2D eigenvalue weighted by atomic mass is 16.5. The van der Waals surface area contributed by atoms with Crippen LogP contribution in [-0.4, -0.2) is 10.1 Å². The SMILES string of the molecule is Cc1noc(CNN)n1. The van der Waals surface area contributed by atoms with E-state index >= 15 is 0 Å². The number of nitrogens with two attached hydrogens (primary N) is 1. The molecule has 0 aliphatic carbocycles. The van der Waals surface area contributed by atoms with Gasteiger partial charge in [0.25, 0.3) is 0 Å². The molecule has 0 bridgehead atoms. The third-order valence-corrected chi connectivity index (χ3v) is 0.823. The van der Waals surface area contributed by atoms with Gasteiger partial charge in [0.15, 0.2) is 5.82 Å². The van der Waals surface area contributed by atoms with Gasteiger partial charge in [-0.2, -0.15) is 4.98 Å². The van der Waals surface area contributed by atoms with Gasteiger partial charge in [0.05, 0.1) is 6.54 Å². The van der Waals surface area contributed by atoms with Crippen molar-refractivity contribution in [1.29, 1.82) is 0 Å². The molecule has 0 atom stereocenters. The minimum atomic E-state index is 0.418. The van der Waals surface area contributed by atoms with Crippen LogP contribution in [0.15, 0.2) is 4.52 Å². The predicted molar refractivity (Wildman–Crippen MR) is 30.1 cm³/mol. The van der Waals surface area contributed by atoms with E-state index in [0.717, 1.165) is 0 Å². The number of hydrogen-bond donors (Lipinski definition) is 2. The van der Waals surface area contributed by atoms with Crippen molar-refractivity contribution >= 4 is 0 Å². The van der Waals surface area contributed by atoms with Gasteiger partial charge in [-0.1, -0.05) is 5.16 Å². The Labute approximate surface area is 52.2 Å².